The van der Waals surface area contributed by atoms with E-state index in [-0.39, 0.29) is 55.6 Å². The molecule has 3 aliphatic rings. The van der Waals surface area contributed by atoms with Crippen molar-refractivity contribution in [1.82, 2.24) is 19.6 Å². The number of carbonyl (C=O) groups excluding carboxylic acids is 2. The minimum Gasteiger partial charge on any atom is -0.444 e. The van der Waals surface area contributed by atoms with Crippen LogP contribution in [0.1, 0.15) is 105 Å². The van der Waals surface area contributed by atoms with Gasteiger partial charge >= 0.3 is 12.5 Å². The number of benzene rings is 1. The van der Waals surface area contributed by atoms with E-state index in [1.54, 1.807) is 9.80 Å². The highest BCUT2D eigenvalue weighted by molar-refractivity contribution is 5.94. The summed E-state index contributed by atoms with van der Waals surface area (Å²) in [4.78, 5) is 29.8. The molecule has 1 unspecified atom stereocenters. The third-order valence-electron chi connectivity index (χ3n) is 9.17. The van der Waals surface area contributed by atoms with Crippen molar-refractivity contribution in [1.29, 1.82) is 0 Å². The summed E-state index contributed by atoms with van der Waals surface area (Å²) in [6.07, 6.45) is -0.446. The molecule has 2 amide bonds. The minimum atomic E-state index is -5.19. The number of amides is 2. The second-order valence-electron chi connectivity index (χ2n) is 13.7. The number of ether oxygens (including phenoxy) is 3. The minimum absolute atomic E-state index is 0.0803. The number of likely N-dealkylation sites (tertiary alicyclic amines) is 2. The van der Waals surface area contributed by atoms with E-state index in [2.05, 4.69) is 4.74 Å². The fourth-order valence-corrected chi connectivity index (χ4v) is 6.71. The molecule has 1 aromatic heterocycles. The maximum absolute atomic E-state index is 14.4. The smallest absolute Gasteiger partial charge is 0.444 e. The molecule has 3 aliphatic heterocycles. The normalized spacial score (nSPS) is 20.4. The zero-order valence-electron chi connectivity index (χ0n) is 27.3. The zero-order valence-corrected chi connectivity index (χ0v) is 27.3. The first-order valence-corrected chi connectivity index (χ1v) is 16.3. The molecule has 3 saturated heterocycles. The van der Waals surface area contributed by atoms with Gasteiger partial charge < -0.3 is 24.0 Å². The number of nitrogens with zero attached hydrogens (tertiary/aromatic N) is 4. The molecule has 5 rings (SSSR count). The van der Waals surface area contributed by atoms with Crippen LogP contribution in [0.5, 0.6) is 5.75 Å². The third-order valence-corrected chi connectivity index (χ3v) is 9.17. The molecule has 0 N–H and O–H groups in total. The molecule has 0 radical (unpaired) electrons. The Bertz CT molecular complexity index is 1430. The second-order valence-corrected chi connectivity index (χ2v) is 13.7. The highest BCUT2D eigenvalue weighted by Crippen LogP contribution is 2.40. The number of aromatic nitrogens is 2. The highest BCUT2D eigenvalue weighted by Gasteiger charge is 2.38. The molecule has 2 aromatic rings. The van der Waals surface area contributed by atoms with E-state index in [4.69, 9.17) is 14.6 Å². The average Bonchev–Trinajstić information content (AvgIpc) is 3.34. The highest BCUT2D eigenvalue weighted by atomic mass is 19.4. The van der Waals surface area contributed by atoms with Crippen LogP contribution in [-0.2, 0) is 15.9 Å². The molecule has 0 spiro atoms. The maximum Gasteiger partial charge on any atom is 0.573 e. The number of carbonyl (C=O) groups is 2. The van der Waals surface area contributed by atoms with E-state index < -0.39 is 35.3 Å². The monoisotopic (exact) mass is 670 g/mol. The summed E-state index contributed by atoms with van der Waals surface area (Å²) in [5.74, 6) is -4.89. The Morgan fingerprint density at radius 2 is 1.62 bits per heavy atom. The number of halogens is 5. The van der Waals surface area contributed by atoms with Crippen LogP contribution in [0.2, 0.25) is 0 Å². The standard InChI is InChI=1S/C33H43F5N4O5/c1-20-25(19-21-10-14-41(15-11-21)31(44)47-32(2,3)4)42(26-7-5-6-18-45-26)39-28(20)30(43)40-16-12-22(13-17-40)23-8-9-24(34)27(35)29(23)46-33(36,37)38/h8-9,21-22,26H,5-7,10-19H2,1-4H3. The van der Waals surface area contributed by atoms with Gasteiger partial charge in [0, 0.05) is 49.6 Å². The second kappa shape index (κ2) is 14.0. The largest absolute Gasteiger partial charge is 0.573 e. The van der Waals surface area contributed by atoms with Crippen LogP contribution in [0.4, 0.5) is 26.7 Å². The number of alkyl halides is 3. The van der Waals surface area contributed by atoms with Crippen molar-refractivity contribution in [2.24, 2.45) is 5.92 Å². The first-order chi connectivity index (χ1) is 22.1. The number of rotatable bonds is 6. The van der Waals surface area contributed by atoms with Crippen LogP contribution in [0.15, 0.2) is 12.1 Å². The van der Waals surface area contributed by atoms with Crippen molar-refractivity contribution in [2.45, 2.75) is 103 Å². The van der Waals surface area contributed by atoms with E-state index in [1.165, 1.54) is 0 Å². The molecule has 47 heavy (non-hydrogen) atoms. The van der Waals surface area contributed by atoms with Gasteiger partial charge in [0.15, 0.2) is 17.3 Å². The van der Waals surface area contributed by atoms with Gasteiger partial charge in [-0.2, -0.15) is 9.49 Å². The predicted octanol–water partition coefficient (Wildman–Crippen LogP) is 7.28. The lowest BCUT2D eigenvalue weighted by Gasteiger charge is -2.34. The van der Waals surface area contributed by atoms with Gasteiger partial charge in [0.25, 0.3) is 5.91 Å². The Kier molecular flexibility index (Phi) is 10.4. The Balaban J connectivity index is 1.30. The van der Waals surface area contributed by atoms with Gasteiger partial charge in [-0.25, -0.2) is 13.9 Å². The van der Waals surface area contributed by atoms with E-state index >= 15 is 0 Å². The number of hydrogen-bond donors (Lipinski definition) is 0. The van der Waals surface area contributed by atoms with Gasteiger partial charge in [0.2, 0.25) is 5.82 Å². The molecule has 1 atom stereocenters. The van der Waals surface area contributed by atoms with E-state index in [0.717, 1.165) is 55.5 Å². The lowest BCUT2D eigenvalue weighted by atomic mass is 9.88. The van der Waals surface area contributed by atoms with Gasteiger partial charge in [-0.3, -0.25) is 4.79 Å². The summed E-state index contributed by atoms with van der Waals surface area (Å²) < 4.78 is 84.5. The van der Waals surface area contributed by atoms with Crippen LogP contribution in [-0.4, -0.2) is 76.3 Å². The molecule has 4 heterocycles. The molecular formula is C33H43F5N4O5. The van der Waals surface area contributed by atoms with Gasteiger partial charge in [0.05, 0.1) is 0 Å². The lowest BCUT2D eigenvalue weighted by molar-refractivity contribution is -0.276. The fourth-order valence-electron chi connectivity index (χ4n) is 6.71. The van der Waals surface area contributed by atoms with Gasteiger partial charge in [-0.05, 0) is 97.0 Å². The Hall–Kier alpha value is -3.42. The van der Waals surface area contributed by atoms with Crippen LogP contribution in [0, 0.1) is 24.5 Å². The van der Waals surface area contributed by atoms with E-state index in [0.29, 0.717) is 31.8 Å². The first kappa shape index (κ1) is 34.9. The Morgan fingerprint density at radius 1 is 0.957 bits per heavy atom. The summed E-state index contributed by atoms with van der Waals surface area (Å²) in [7, 11) is 0. The molecule has 9 nitrogen and oxygen atoms in total. The van der Waals surface area contributed by atoms with Crippen molar-refractivity contribution < 1.29 is 45.8 Å². The van der Waals surface area contributed by atoms with Crippen molar-refractivity contribution in [2.75, 3.05) is 32.8 Å². The van der Waals surface area contributed by atoms with Crippen molar-refractivity contribution in [3.8, 4) is 5.75 Å². The maximum atomic E-state index is 14.4. The van der Waals surface area contributed by atoms with Crippen molar-refractivity contribution in [3.63, 3.8) is 0 Å². The summed E-state index contributed by atoms with van der Waals surface area (Å²) in [5, 5.41) is 4.79. The number of piperidine rings is 2. The van der Waals surface area contributed by atoms with Gasteiger partial charge in [-0.1, -0.05) is 6.07 Å². The molecule has 1 aromatic carbocycles. The summed E-state index contributed by atoms with van der Waals surface area (Å²) in [6, 6.07) is 1.90. The van der Waals surface area contributed by atoms with Crippen molar-refractivity contribution >= 4 is 12.0 Å². The summed E-state index contributed by atoms with van der Waals surface area (Å²) in [5.41, 5.74) is 1.32. The molecule has 14 heteroatoms. The lowest BCUT2D eigenvalue weighted by Crippen LogP contribution is -2.42. The first-order valence-electron chi connectivity index (χ1n) is 16.3. The topological polar surface area (TPSA) is 86.1 Å². The van der Waals surface area contributed by atoms with Crippen molar-refractivity contribution in [3.05, 3.63) is 46.3 Å². The fraction of sp³-hybridized carbons (Fsp3) is 0.667. The van der Waals surface area contributed by atoms with Crippen LogP contribution < -0.4 is 4.74 Å². The molecule has 0 saturated carbocycles. The summed E-state index contributed by atoms with van der Waals surface area (Å²) >= 11 is 0. The Morgan fingerprint density at radius 3 is 2.21 bits per heavy atom. The quantitative estimate of drug-likeness (QED) is 0.301. The van der Waals surface area contributed by atoms with E-state index in [9.17, 15) is 31.5 Å². The van der Waals surface area contributed by atoms with Crippen LogP contribution >= 0.6 is 0 Å². The predicted molar refractivity (Wildman–Crippen MR) is 161 cm³/mol. The summed E-state index contributed by atoms with van der Waals surface area (Å²) in [6.45, 7) is 9.52. The Labute approximate surface area is 271 Å². The van der Waals surface area contributed by atoms with Gasteiger partial charge in [0.1, 0.15) is 11.8 Å². The van der Waals surface area contributed by atoms with Crippen LogP contribution in [0.25, 0.3) is 0 Å². The van der Waals surface area contributed by atoms with E-state index in [1.807, 2.05) is 32.4 Å². The average molecular weight is 671 g/mol. The third kappa shape index (κ3) is 8.36. The SMILES string of the molecule is Cc1c(C(=O)N2CCC(c3ccc(F)c(F)c3OC(F)(F)F)CC2)nn(C2CCCCO2)c1CC1CCN(C(=O)OC(C)(C)C)CC1. The molecule has 0 aliphatic carbocycles. The molecular weight excluding hydrogens is 627 g/mol. The molecule has 0 bridgehead atoms. The molecule has 3 fully saturated rings. The van der Waals surface area contributed by atoms with Crippen LogP contribution in [0.3, 0.4) is 0 Å². The zero-order chi connectivity index (χ0) is 34.1. The van der Waals surface area contributed by atoms with Gasteiger partial charge in [-0.15, -0.1) is 13.2 Å². The number of hydrogen-bond acceptors (Lipinski definition) is 6. The molecule has 260 valence electrons.